The number of rotatable bonds is 4. The zero-order valence-corrected chi connectivity index (χ0v) is 12.4. The van der Waals surface area contributed by atoms with Gasteiger partial charge in [0.2, 0.25) is 5.95 Å². The fourth-order valence-electron chi connectivity index (χ4n) is 2.74. The largest absolute Gasteiger partial charge is 0.433 e. The highest BCUT2D eigenvalue weighted by Gasteiger charge is 2.34. The van der Waals surface area contributed by atoms with Gasteiger partial charge in [-0.05, 0) is 18.8 Å². The summed E-state index contributed by atoms with van der Waals surface area (Å²) in [5, 5.41) is 2.59. The third-order valence-electron chi connectivity index (χ3n) is 3.87. The molecule has 0 atom stereocenters. The number of nitrogens with one attached hydrogen (secondary N) is 1. The van der Waals surface area contributed by atoms with Crippen molar-refractivity contribution in [1.82, 2.24) is 9.97 Å². The summed E-state index contributed by atoms with van der Waals surface area (Å²) in [4.78, 5) is 9.41. The average molecular weight is 302 g/mol. The maximum Gasteiger partial charge on any atom is 0.433 e. The van der Waals surface area contributed by atoms with Gasteiger partial charge in [0.1, 0.15) is 5.82 Å². The summed E-state index contributed by atoms with van der Waals surface area (Å²) in [6, 6.07) is 1.02. The van der Waals surface area contributed by atoms with E-state index in [-0.39, 0.29) is 5.95 Å². The van der Waals surface area contributed by atoms with Gasteiger partial charge in [-0.2, -0.15) is 18.2 Å². The third kappa shape index (κ3) is 4.22. The number of hydrogen-bond acceptors (Lipinski definition) is 4. The summed E-state index contributed by atoms with van der Waals surface area (Å²) < 4.78 is 38.6. The van der Waals surface area contributed by atoms with Gasteiger partial charge in [-0.25, -0.2) is 4.98 Å². The van der Waals surface area contributed by atoms with Crippen LogP contribution in [-0.2, 0) is 6.18 Å². The molecule has 0 unspecified atom stereocenters. The number of hydrogen-bond donors (Lipinski definition) is 1. The molecule has 1 saturated carbocycles. The first kappa shape index (κ1) is 15.9. The molecule has 1 fully saturated rings. The molecule has 0 spiro atoms. The molecule has 7 heteroatoms. The summed E-state index contributed by atoms with van der Waals surface area (Å²) in [5.74, 6) is 0.841. The molecule has 0 radical (unpaired) electrons. The molecule has 0 bridgehead atoms. The van der Waals surface area contributed by atoms with E-state index < -0.39 is 11.9 Å². The van der Waals surface area contributed by atoms with Gasteiger partial charge in [0.25, 0.3) is 0 Å². The molecule has 1 aliphatic carbocycles. The van der Waals surface area contributed by atoms with Crippen molar-refractivity contribution in [2.45, 2.75) is 38.3 Å². The Morgan fingerprint density at radius 3 is 2.48 bits per heavy atom. The van der Waals surface area contributed by atoms with Crippen molar-refractivity contribution in [1.29, 1.82) is 0 Å². The van der Waals surface area contributed by atoms with Crippen molar-refractivity contribution in [2.24, 2.45) is 5.92 Å². The fourth-order valence-corrected chi connectivity index (χ4v) is 2.74. The Morgan fingerprint density at radius 2 is 1.90 bits per heavy atom. The lowest BCUT2D eigenvalue weighted by Crippen LogP contribution is -2.28. The van der Waals surface area contributed by atoms with E-state index in [2.05, 4.69) is 15.3 Å². The second kappa shape index (κ2) is 6.49. The molecule has 0 aliphatic heterocycles. The molecular weight excluding hydrogens is 281 g/mol. The van der Waals surface area contributed by atoms with Crippen molar-refractivity contribution >= 4 is 11.8 Å². The quantitative estimate of drug-likeness (QED) is 0.923. The molecule has 1 aliphatic rings. The molecule has 2 rings (SSSR count). The van der Waals surface area contributed by atoms with Gasteiger partial charge in [0.05, 0.1) is 0 Å². The Bertz CT molecular complexity index is 470. The second-order valence-corrected chi connectivity index (χ2v) is 5.57. The lowest BCUT2D eigenvalue weighted by Gasteiger charge is -2.28. The van der Waals surface area contributed by atoms with Crippen LogP contribution in [-0.4, -0.2) is 30.6 Å². The van der Waals surface area contributed by atoms with Crippen LogP contribution in [0, 0.1) is 5.92 Å². The van der Waals surface area contributed by atoms with E-state index in [1.54, 1.807) is 11.9 Å². The van der Waals surface area contributed by atoms with E-state index in [0.717, 1.165) is 25.5 Å². The van der Waals surface area contributed by atoms with Crippen molar-refractivity contribution in [3.63, 3.8) is 0 Å². The number of alkyl halides is 3. The monoisotopic (exact) mass is 302 g/mol. The molecular formula is C14H21F3N4. The van der Waals surface area contributed by atoms with Crippen molar-refractivity contribution in [3.8, 4) is 0 Å². The molecule has 1 aromatic heterocycles. The summed E-state index contributed by atoms with van der Waals surface area (Å²) in [5.41, 5.74) is -0.910. The van der Waals surface area contributed by atoms with Crippen LogP contribution in [0.1, 0.15) is 37.8 Å². The summed E-state index contributed by atoms with van der Waals surface area (Å²) in [6.07, 6.45) is 1.49. The summed E-state index contributed by atoms with van der Waals surface area (Å²) in [6.45, 7) is 0.734. The smallest absolute Gasteiger partial charge is 0.359 e. The first-order valence-corrected chi connectivity index (χ1v) is 7.25. The number of aromatic nitrogens is 2. The molecule has 1 aromatic rings. The van der Waals surface area contributed by atoms with Gasteiger partial charge in [-0.3, -0.25) is 0 Å². The van der Waals surface area contributed by atoms with Gasteiger partial charge in [-0.1, -0.05) is 19.3 Å². The van der Waals surface area contributed by atoms with Gasteiger partial charge in [0, 0.05) is 26.7 Å². The predicted octanol–water partition coefficient (Wildman–Crippen LogP) is 3.55. The van der Waals surface area contributed by atoms with Crippen molar-refractivity contribution in [3.05, 3.63) is 11.8 Å². The number of halogens is 3. The van der Waals surface area contributed by atoms with Crippen LogP contribution in [0.5, 0.6) is 0 Å². The minimum absolute atomic E-state index is 0.00433. The molecule has 0 aromatic carbocycles. The number of nitrogens with zero attached hydrogens (tertiary/aromatic N) is 3. The SMILES string of the molecule is CNc1nc(N(C)CC2CCCCC2)cc(C(F)(F)F)n1. The first-order valence-electron chi connectivity index (χ1n) is 7.25. The molecule has 4 nitrogen and oxygen atoms in total. The van der Waals surface area contributed by atoms with E-state index in [1.165, 1.54) is 26.3 Å². The first-order chi connectivity index (χ1) is 9.90. The van der Waals surface area contributed by atoms with Crippen molar-refractivity contribution < 1.29 is 13.2 Å². The normalized spacial score (nSPS) is 16.8. The lowest BCUT2D eigenvalue weighted by molar-refractivity contribution is -0.141. The number of anilines is 2. The van der Waals surface area contributed by atoms with Gasteiger partial charge >= 0.3 is 6.18 Å². The maximum atomic E-state index is 12.9. The van der Waals surface area contributed by atoms with E-state index in [1.807, 2.05) is 0 Å². The molecule has 1 heterocycles. The Balaban J connectivity index is 2.17. The second-order valence-electron chi connectivity index (χ2n) is 5.57. The van der Waals surface area contributed by atoms with Crippen LogP contribution in [0.3, 0.4) is 0 Å². The summed E-state index contributed by atoms with van der Waals surface area (Å²) in [7, 11) is 3.30. The molecule has 0 saturated heterocycles. The zero-order chi connectivity index (χ0) is 15.5. The van der Waals surface area contributed by atoms with Crippen LogP contribution < -0.4 is 10.2 Å². The van der Waals surface area contributed by atoms with Crippen LogP contribution in [0.2, 0.25) is 0 Å². The highest BCUT2D eigenvalue weighted by atomic mass is 19.4. The third-order valence-corrected chi connectivity index (χ3v) is 3.87. The fraction of sp³-hybridized carbons (Fsp3) is 0.714. The van der Waals surface area contributed by atoms with Gasteiger partial charge in [-0.15, -0.1) is 0 Å². The standard InChI is InChI=1S/C14H21F3N4/c1-18-13-19-11(14(15,16)17)8-12(20-13)21(2)9-10-6-4-3-5-7-10/h8,10H,3-7,9H2,1-2H3,(H,18,19,20). The Labute approximate surface area is 122 Å². The predicted molar refractivity (Wildman–Crippen MR) is 76.4 cm³/mol. The van der Waals surface area contributed by atoms with Gasteiger partial charge in [0.15, 0.2) is 5.69 Å². The Morgan fingerprint density at radius 1 is 1.24 bits per heavy atom. The maximum absolute atomic E-state index is 12.9. The van der Waals surface area contributed by atoms with Crippen LogP contribution in [0.25, 0.3) is 0 Å². The van der Waals surface area contributed by atoms with E-state index in [0.29, 0.717) is 11.7 Å². The lowest BCUT2D eigenvalue weighted by atomic mass is 9.89. The van der Waals surface area contributed by atoms with Crippen molar-refractivity contribution in [2.75, 3.05) is 30.9 Å². The average Bonchev–Trinajstić information content (AvgIpc) is 2.46. The highest BCUT2D eigenvalue weighted by molar-refractivity contribution is 5.44. The molecule has 0 amide bonds. The Hall–Kier alpha value is -1.53. The van der Waals surface area contributed by atoms with Crippen LogP contribution in [0.15, 0.2) is 6.07 Å². The highest BCUT2D eigenvalue weighted by Crippen LogP contribution is 2.31. The summed E-state index contributed by atoms with van der Waals surface area (Å²) >= 11 is 0. The topological polar surface area (TPSA) is 41.1 Å². The minimum Gasteiger partial charge on any atom is -0.359 e. The molecule has 1 N–H and O–H groups in total. The zero-order valence-electron chi connectivity index (χ0n) is 12.4. The molecule has 118 valence electrons. The van der Waals surface area contributed by atoms with Crippen LogP contribution >= 0.6 is 0 Å². The van der Waals surface area contributed by atoms with Gasteiger partial charge < -0.3 is 10.2 Å². The van der Waals surface area contributed by atoms with E-state index in [4.69, 9.17) is 0 Å². The van der Waals surface area contributed by atoms with E-state index >= 15 is 0 Å². The Kier molecular flexibility index (Phi) is 4.90. The van der Waals surface area contributed by atoms with E-state index in [9.17, 15) is 13.2 Å². The minimum atomic E-state index is -4.46. The van der Waals surface area contributed by atoms with Crippen LogP contribution in [0.4, 0.5) is 24.9 Å². The molecule has 21 heavy (non-hydrogen) atoms.